The van der Waals surface area contributed by atoms with E-state index in [0.29, 0.717) is 17.2 Å². The molecular weight excluding hydrogens is 228 g/mol. The standard InChI is InChI=1S/C14H20N2O2/c1-2-10-4-3-5-11(8-10)18-14(17)12-6-7-16-9-13(12)15/h6-7,9-11H,2-5,8,15H2,1H3. The lowest BCUT2D eigenvalue weighted by atomic mass is 9.85. The molecule has 1 aromatic heterocycles. The number of anilines is 1. The van der Waals surface area contributed by atoms with E-state index >= 15 is 0 Å². The van der Waals surface area contributed by atoms with Crippen LogP contribution in [0.1, 0.15) is 49.4 Å². The molecular formula is C14H20N2O2. The third-order valence-electron chi connectivity index (χ3n) is 3.66. The van der Waals surface area contributed by atoms with Crippen LogP contribution in [0.25, 0.3) is 0 Å². The van der Waals surface area contributed by atoms with E-state index in [1.165, 1.54) is 12.6 Å². The molecule has 18 heavy (non-hydrogen) atoms. The van der Waals surface area contributed by atoms with E-state index in [1.807, 2.05) is 0 Å². The lowest BCUT2D eigenvalue weighted by Crippen LogP contribution is -2.25. The number of rotatable bonds is 3. The average Bonchev–Trinajstić information content (AvgIpc) is 2.39. The van der Waals surface area contributed by atoms with Crippen molar-refractivity contribution in [3.05, 3.63) is 24.0 Å². The van der Waals surface area contributed by atoms with Crippen molar-refractivity contribution in [3.8, 4) is 0 Å². The zero-order chi connectivity index (χ0) is 13.0. The van der Waals surface area contributed by atoms with Crippen molar-refractivity contribution in [2.75, 3.05) is 5.73 Å². The SMILES string of the molecule is CCC1CCCC(OC(=O)c2ccncc2N)C1. The molecule has 98 valence electrons. The Morgan fingerprint density at radius 3 is 3.11 bits per heavy atom. The van der Waals surface area contributed by atoms with E-state index in [4.69, 9.17) is 10.5 Å². The Labute approximate surface area is 108 Å². The van der Waals surface area contributed by atoms with Crippen LogP contribution in [-0.4, -0.2) is 17.1 Å². The van der Waals surface area contributed by atoms with Crippen LogP contribution in [0.4, 0.5) is 5.69 Å². The minimum Gasteiger partial charge on any atom is -0.459 e. The third kappa shape index (κ3) is 3.00. The molecule has 2 unspecified atom stereocenters. The molecule has 1 fully saturated rings. The van der Waals surface area contributed by atoms with Crippen LogP contribution in [0.3, 0.4) is 0 Å². The molecule has 0 aliphatic heterocycles. The summed E-state index contributed by atoms with van der Waals surface area (Å²) in [7, 11) is 0. The van der Waals surface area contributed by atoms with Crippen molar-refractivity contribution in [2.24, 2.45) is 5.92 Å². The van der Waals surface area contributed by atoms with Gasteiger partial charge >= 0.3 is 5.97 Å². The second kappa shape index (κ2) is 5.85. The Morgan fingerprint density at radius 2 is 2.39 bits per heavy atom. The van der Waals surface area contributed by atoms with Crippen LogP contribution in [-0.2, 0) is 4.74 Å². The normalized spacial score (nSPS) is 23.6. The average molecular weight is 248 g/mol. The van der Waals surface area contributed by atoms with E-state index in [2.05, 4.69) is 11.9 Å². The fourth-order valence-corrected chi connectivity index (χ4v) is 2.53. The summed E-state index contributed by atoms with van der Waals surface area (Å²) in [6, 6.07) is 1.61. The highest BCUT2D eigenvalue weighted by molar-refractivity contribution is 5.94. The molecule has 4 heteroatoms. The van der Waals surface area contributed by atoms with E-state index in [9.17, 15) is 4.79 Å². The van der Waals surface area contributed by atoms with Crippen LogP contribution < -0.4 is 5.73 Å². The number of nitrogens with zero attached hydrogens (tertiary/aromatic N) is 1. The summed E-state index contributed by atoms with van der Waals surface area (Å²) in [5.74, 6) is 0.364. The van der Waals surface area contributed by atoms with Gasteiger partial charge in [0.1, 0.15) is 6.10 Å². The molecule has 1 heterocycles. The molecule has 1 aliphatic carbocycles. The number of carbonyl (C=O) groups excluding carboxylic acids is 1. The summed E-state index contributed by atoms with van der Waals surface area (Å²) < 4.78 is 5.54. The highest BCUT2D eigenvalue weighted by atomic mass is 16.5. The Hall–Kier alpha value is -1.58. The van der Waals surface area contributed by atoms with Gasteiger partial charge in [-0.25, -0.2) is 4.79 Å². The fourth-order valence-electron chi connectivity index (χ4n) is 2.53. The molecule has 0 amide bonds. The number of esters is 1. The smallest absolute Gasteiger partial charge is 0.340 e. The quantitative estimate of drug-likeness (QED) is 0.835. The predicted octanol–water partition coefficient (Wildman–Crippen LogP) is 2.79. The highest BCUT2D eigenvalue weighted by Gasteiger charge is 2.24. The summed E-state index contributed by atoms with van der Waals surface area (Å²) in [5, 5.41) is 0. The fraction of sp³-hybridized carbons (Fsp3) is 0.571. The summed E-state index contributed by atoms with van der Waals surface area (Å²) in [6.45, 7) is 2.19. The predicted molar refractivity (Wildman–Crippen MR) is 70.1 cm³/mol. The van der Waals surface area contributed by atoms with Gasteiger partial charge in [-0.2, -0.15) is 0 Å². The lowest BCUT2D eigenvalue weighted by molar-refractivity contribution is 0.0141. The van der Waals surface area contributed by atoms with Crippen LogP contribution in [0.15, 0.2) is 18.5 Å². The monoisotopic (exact) mass is 248 g/mol. The molecule has 0 radical (unpaired) electrons. The molecule has 1 aliphatic rings. The van der Waals surface area contributed by atoms with Crippen molar-refractivity contribution < 1.29 is 9.53 Å². The van der Waals surface area contributed by atoms with Crippen molar-refractivity contribution in [1.29, 1.82) is 0 Å². The minimum atomic E-state index is -0.323. The number of hydrogen-bond donors (Lipinski definition) is 1. The first-order chi connectivity index (χ1) is 8.70. The van der Waals surface area contributed by atoms with Gasteiger partial charge in [0.15, 0.2) is 0 Å². The molecule has 0 spiro atoms. The second-order valence-electron chi connectivity index (χ2n) is 4.93. The van der Waals surface area contributed by atoms with Gasteiger partial charge in [-0.1, -0.05) is 19.8 Å². The van der Waals surface area contributed by atoms with Crippen LogP contribution in [0, 0.1) is 5.92 Å². The van der Waals surface area contributed by atoms with Crippen LogP contribution >= 0.6 is 0 Å². The number of hydrogen-bond acceptors (Lipinski definition) is 4. The van der Waals surface area contributed by atoms with Gasteiger partial charge in [0.2, 0.25) is 0 Å². The lowest BCUT2D eigenvalue weighted by Gasteiger charge is -2.28. The molecule has 0 aromatic carbocycles. The Morgan fingerprint density at radius 1 is 1.56 bits per heavy atom. The van der Waals surface area contributed by atoms with E-state index in [0.717, 1.165) is 25.7 Å². The number of nitrogens with two attached hydrogens (primary N) is 1. The number of aromatic nitrogens is 1. The van der Waals surface area contributed by atoms with E-state index < -0.39 is 0 Å². The zero-order valence-corrected chi connectivity index (χ0v) is 10.8. The maximum absolute atomic E-state index is 12.0. The van der Waals surface area contributed by atoms with Gasteiger partial charge in [0, 0.05) is 6.20 Å². The zero-order valence-electron chi connectivity index (χ0n) is 10.8. The molecule has 2 atom stereocenters. The Kier molecular flexibility index (Phi) is 4.18. The Balaban J connectivity index is 1.97. The number of nitrogen functional groups attached to an aromatic ring is 1. The maximum Gasteiger partial charge on any atom is 0.340 e. The molecule has 0 bridgehead atoms. The topological polar surface area (TPSA) is 65.2 Å². The molecule has 2 rings (SSSR count). The van der Waals surface area contributed by atoms with Crippen molar-refractivity contribution in [2.45, 2.75) is 45.1 Å². The number of pyridine rings is 1. The van der Waals surface area contributed by atoms with Gasteiger partial charge in [-0.05, 0) is 31.2 Å². The molecule has 0 saturated heterocycles. The first kappa shape index (κ1) is 12.9. The molecule has 1 aromatic rings. The highest BCUT2D eigenvalue weighted by Crippen LogP contribution is 2.29. The van der Waals surface area contributed by atoms with Gasteiger partial charge in [0.05, 0.1) is 17.4 Å². The van der Waals surface area contributed by atoms with Crippen molar-refractivity contribution >= 4 is 11.7 Å². The molecule has 1 saturated carbocycles. The summed E-state index contributed by atoms with van der Waals surface area (Å²) in [6.07, 6.45) is 8.58. The maximum atomic E-state index is 12.0. The Bertz CT molecular complexity index is 420. The van der Waals surface area contributed by atoms with Gasteiger partial charge in [0.25, 0.3) is 0 Å². The molecule has 2 N–H and O–H groups in total. The second-order valence-corrected chi connectivity index (χ2v) is 4.93. The van der Waals surface area contributed by atoms with Gasteiger partial charge in [-0.15, -0.1) is 0 Å². The number of carbonyl (C=O) groups is 1. The van der Waals surface area contributed by atoms with Gasteiger partial charge < -0.3 is 10.5 Å². The molecule has 4 nitrogen and oxygen atoms in total. The van der Waals surface area contributed by atoms with Gasteiger partial charge in [-0.3, -0.25) is 4.98 Å². The summed E-state index contributed by atoms with van der Waals surface area (Å²) in [5.41, 5.74) is 6.52. The third-order valence-corrected chi connectivity index (χ3v) is 3.66. The van der Waals surface area contributed by atoms with Crippen molar-refractivity contribution in [1.82, 2.24) is 4.98 Å². The van der Waals surface area contributed by atoms with E-state index in [-0.39, 0.29) is 12.1 Å². The minimum absolute atomic E-state index is 0.0452. The first-order valence-electron chi connectivity index (χ1n) is 6.61. The van der Waals surface area contributed by atoms with Crippen molar-refractivity contribution in [3.63, 3.8) is 0 Å². The van der Waals surface area contributed by atoms with E-state index in [1.54, 1.807) is 12.3 Å². The number of ether oxygens (including phenoxy) is 1. The summed E-state index contributed by atoms with van der Waals surface area (Å²) in [4.78, 5) is 15.9. The first-order valence-corrected chi connectivity index (χ1v) is 6.61. The largest absolute Gasteiger partial charge is 0.459 e. The van der Waals surface area contributed by atoms with Crippen LogP contribution in [0.2, 0.25) is 0 Å². The summed E-state index contributed by atoms with van der Waals surface area (Å²) >= 11 is 0. The van der Waals surface area contributed by atoms with Crippen LogP contribution in [0.5, 0.6) is 0 Å².